The highest BCUT2D eigenvalue weighted by Gasteiger charge is 2.55. The van der Waals surface area contributed by atoms with E-state index >= 15 is 0 Å². The highest BCUT2D eigenvalue weighted by Crippen LogP contribution is 2.47. The minimum Gasteiger partial charge on any atom is -0.496 e. The van der Waals surface area contributed by atoms with Gasteiger partial charge >= 0.3 is 5.97 Å². The van der Waals surface area contributed by atoms with Crippen molar-refractivity contribution >= 4 is 5.97 Å². The number of carbonyl (C=O) groups is 1. The maximum absolute atomic E-state index is 12.4. The first-order valence-electron chi connectivity index (χ1n) is 9.44. The van der Waals surface area contributed by atoms with Gasteiger partial charge in [-0.15, -0.1) is 0 Å². The molecule has 0 radical (unpaired) electrons. The Morgan fingerprint density at radius 1 is 1.19 bits per heavy atom. The number of piperidine rings is 1. The highest BCUT2D eigenvalue weighted by atomic mass is 16.8. The minimum absolute atomic E-state index is 0.0509. The van der Waals surface area contributed by atoms with Gasteiger partial charge in [0.1, 0.15) is 24.0 Å². The molecule has 2 aliphatic heterocycles. The van der Waals surface area contributed by atoms with Crippen LogP contribution < -0.4 is 4.74 Å². The Morgan fingerprint density at radius 3 is 2.44 bits per heavy atom. The Bertz CT molecular complexity index is 682. The molecule has 0 saturated carbocycles. The van der Waals surface area contributed by atoms with E-state index in [0.29, 0.717) is 17.9 Å². The number of benzene rings is 1. The predicted octanol–water partition coefficient (Wildman–Crippen LogP) is 3.25. The average Bonchev–Trinajstić information content (AvgIpc) is 2.98. The summed E-state index contributed by atoms with van der Waals surface area (Å²) in [5.74, 6) is -0.538. The van der Waals surface area contributed by atoms with E-state index in [1.54, 1.807) is 18.2 Å². The predicted molar refractivity (Wildman–Crippen MR) is 102 cm³/mol. The van der Waals surface area contributed by atoms with Gasteiger partial charge in [-0.1, -0.05) is 12.1 Å². The number of carbonyl (C=O) groups excluding carboxylic acids is 1. The third kappa shape index (κ3) is 3.98. The van der Waals surface area contributed by atoms with Crippen LogP contribution in [-0.4, -0.2) is 61.2 Å². The Balaban J connectivity index is 1.62. The second-order valence-electron chi connectivity index (χ2n) is 8.80. The summed E-state index contributed by atoms with van der Waals surface area (Å²) < 4.78 is 23.1. The molecule has 0 bridgehead atoms. The van der Waals surface area contributed by atoms with Gasteiger partial charge in [-0.2, -0.15) is 0 Å². The Hall–Kier alpha value is -1.63. The van der Waals surface area contributed by atoms with E-state index in [-0.39, 0.29) is 23.8 Å². The van der Waals surface area contributed by atoms with Crippen LogP contribution in [-0.2, 0) is 14.2 Å². The van der Waals surface area contributed by atoms with Crippen molar-refractivity contribution in [3.8, 4) is 5.75 Å². The van der Waals surface area contributed by atoms with Crippen molar-refractivity contribution in [2.24, 2.45) is 0 Å². The van der Waals surface area contributed by atoms with E-state index in [9.17, 15) is 4.79 Å². The fourth-order valence-electron chi connectivity index (χ4n) is 4.38. The number of rotatable bonds is 4. The van der Waals surface area contributed by atoms with Crippen LogP contribution in [0, 0.1) is 0 Å². The molecule has 2 aliphatic rings. The van der Waals surface area contributed by atoms with Crippen LogP contribution in [0.4, 0.5) is 0 Å². The normalized spacial score (nSPS) is 26.1. The number of hydrogen-bond donors (Lipinski definition) is 0. The number of likely N-dealkylation sites (tertiary alicyclic amines) is 1. The fourth-order valence-corrected chi connectivity index (χ4v) is 4.38. The molecule has 0 aromatic heterocycles. The van der Waals surface area contributed by atoms with E-state index in [0.717, 1.165) is 12.8 Å². The van der Waals surface area contributed by atoms with Crippen molar-refractivity contribution < 1.29 is 23.7 Å². The summed E-state index contributed by atoms with van der Waals surface area (Å²) in [6.07, 6.45) is 1.28. The van der Waals surface area contributed by atoms with Crippen molar-refractivity contribution in [1.82, 2.24) is 4.90 Å². The zero-order chi connectivity index (χ0) is 19.9. The topological polar surface area (TPSA) is 57.2 Å². The largest absolute Gasteiger partial charge is 0.496 e. The number of ether oxygens (including phenoxy) is 4. The first-order chi connectivity index (χ1) is 12.6. The molecular formula is C21H31NO5. The van der Waals surface area contributed by atoms with E-state index in [1.807, 2.05) is 6.07 Å². The van der Waals surface area contributed by atoms with E-state index < -0.39 is 11.8 Å². The van der Waals surface area contributed by atoms with Gasteiger partial charge < -0.3 is 18.9 Å². The van der Waals surface area contributed by atoms with Gasteiger partial charge in [-0.3, -0.25) is 4.90 Å². The number of esters is 1. The van der Waals surface area contributed by atoms with Crippen molar-refractivity contribution in [3.05, 3.63) is 29.8 Å². The molecule has 1 spiro atoms. The lowest BCUT2D eigenvalue weighted by atomic mass is 9.76. The molecule has 1 aromatic carbocycles. The van der Waals surface area contributed by atoms with Crippen LogP contribution in [0.1, 0.15) is 50.9 Å². The molecule has 1 unspecified atom stereocenters. The number of nitrogens with zero attached hydrogens (tertiary/aromatic N) is 1. The molecule has 2 fully saturated rings. The van der Waals surface area contributed by atoms with Crippen molar-refractivity contribution in [3.63, 3.8) is 0 Å². The first-order valence-corrected chi connectivity index (χ1v) is 9.44. The summed E-state index contributed by atoms with van der Waals surface area (Å²) in [4.78, 5) is 14.8. The maximum atomic E-state index is 12.4. The van der Waals surface area contributed by atoms with Gasteiger partial charge in [-0.05, 0) is 46.9 Å². The second kappa shape index (κ2) is 7.08. The van der Waals surface area contributed by atoms with Crippen LogP contribution >= 0.6 is 0 Å². The lowest BCUT2D eigenvalue weighted by molar-refractivity contribution is -0.243. The maximum Gasteiger partial charge on any atom is 0.342 e. The van der Waals surface area contributed by atoms with Crippen molar-refractivity contribution in [1.29, 1.82) is 0 Å². The zero-order valence-corrected chi connectivity index (χ0v) is 17.2. The lowest BCUT2D eigenvalue weighted by Gasteiger charge is -2.56. The standard InChI is InChI=1S/C21H31NO5/c1-19(2)13-21(14-20(3,4)22(19)5)26-12-15(27-21)11-25-18(23)16-9-7-8-10-17(16)24-6/h7-10,15H,11-14H2,1-6H3. The molecule has 1 aromatic rings. The molecule has 6 heteroatoms. The van der Waals surface area contributed by atoms with Crippen LogP contribution in [0.15, 0.2) is 24.3 Å². The third-order valence-corrected chi connectivity index (χ3v) is 5.86. The lowest BCUT2D eigenvalue weighted by Crippen LogP contribution is -2.64. The minimum atomic E-state index is -0.624. The summed E-state index contributed by atoms with van der Waals surface area (Å²) in [5, 5.41) is 0. The van der Waals surface area contributed by atoms with Crippen LogP contribution in [0.3, 0.4) is 0 Å². The molecule has 27 heavy (non-hydrogen) atoms. The Morgan fingerprint density at radius 2 is 1.81 bits per heavy atom. The molecule has 0 aliphatic carbocycles. The number of para-hydroxylation sites is 1. The summed E-state index contributed by atoms with van der Waals surface area (Å²) in [6, 6.07) is 7.03. The van der Waals surface area contributed by atoms with Crippen LogP contribution in [0.2, 0.25) is 0 Å². The molecule has 150 valence electrons. The molecule has 6 nitrogen and oxygen atoms in total. The SMILES string of the molecule is COc1ccccc1C(=O)OCC1COC2(CC(C)(C)N(C)C(C)(C)C2)O1. The highest BCUT2D eigenvalue weighted by molar-refractivity contribution is 5.92. The summed E-state index contributed by atoms with van der Waals surface area (Å²) in [6.45, 7) is 9.41. The summed E-state index contributed by atoms with van der Waals surface area (Å²) >= 11 is 0. The van der Waals surface area contributed by atoms with Gasteiger partial charge in [0.05, 0.1) is 13.7 Å². The van der Waals surface area contributed by atoms with E-state index in [4.69, 9.17) is 18.9 Å². The van der Waals surface area contributed by atoms with Crippen LogP contribution in [0.25, 0.3) is 0 Å². The van der Waals surface area contributed by atoms with Crippen molar-refractivity contribution in [2.75, 3.05) is 27.4 Å². The van der Waals surface area contributed by atoms with Gasteiger partial charge in [-0.25, -0.2) is 4.79 Å². The third-order valence-electron chi connectivity index (χ3n) is 5.86. The molecule has 0 amide bonds. The second-order valence-corrected chi connectivity index (χ2v) is 8.80. The molecule has 2 heterocycles. The smallest absolute Gasteiger partial charge is 0.342 e. The zero-order valence-electron chi connectivity index (χ0n) is 17.2. The van der Waals surface area contributed by atoms with Gasteiger partial charge in [0.25, 0.3) is 0 Å². The fraction of sp³-hybridized carbons (Fsp3) is 0.667. The number of methoxy groups -OCH3 is 1. The van der Waals surface area contributed by atoms with E-state index in [1.165, 1.54) is 7.11 Å². The molecular weight excluding hydrogens is 346 g/mol. The van der Waals surface area contributed by atoms with Gasteiger partial charge in [0, 0.05) is 23.9 Å². The molecule has 2 saturated heterocycles. The van der Waals surface area contributed by atoms with Crippen molar-refractivity contribution in [2.45, 2.75) is 63.5 Å². The quantitative estimate of drug-likeness (QED) is 0.751. The Labute approximate surface area is 161 Å². The van der Waals surface area contributed by atoms with E-state index in [2.05, 4.69) is 39.6 Å². The van der Waals surface area contributed by atoms with Crippen LogP contribution in [0.5, 0.6) is 5.75 Å². The molecule has 1 atom stereocenters. The van der Waals surface area contributed by atoms with Gasteiger partial charge in [0.2, 0.25) is 0 Å². The summed E-state index contributed by atoms with van der Waals surface area (Å²) in [5.41, 5.74) is 0.310. The monoisotopic (exact) mass is 377 g/mol. The number of hydrogen-bond acceptors (Lipinski definition) is 6. The first kappa shape index (κ1) is 20.1. The Kier molecular flexibility index (Phi) is 5.27. The molecule has 0 N–H and O–H groups in total. The average molecular weight is 377 g/mol. The molecule has 3 rings (SSSR count). The van der Waals surface area contributed by atoms with Gasteiger partial charge in [0.15, 0.2) is 5.79 Å². The summed E-state index contributed by atoms with van der Waals surface area (Å²) in [7, 11) is 3.68.